The molecule has 48 heavy (non-hydrogen) atoms. The van der Waals surface area contributed by atoms with Crippen LogP contribution in [0.3, 0.4) is 0 Å². The average Bonchev–Trinajstić information content (AvgIpc) is 3.19. The lowest BCUT2D eigenvalue weighted by Gasteiger charge is -2.13. The number of benzene rings is 6. The van der Waals surface area contributed by atoms with Gasteiger partial charge in [0.1, 0.15) is 0 Å². The number of aromatic nitrogens is 2. The smallest absolute Gasteiger partial charge is 0.0273 e. The summed E-state index contributed by atoms with van der Waals surface area (Å²) < 4.78 is 0. The van der Waals surface area contributed by atoms with Gasteiger partial charge in [0.05, 0.1) is 0 Å². The van der Waals surface area contributed by atoms with E-state index in [1.807, 2.05) is 24.8 Å². The van der Waals surface area contributed by atoms with Crippen molar-refractivity contribution in [2.24, 2.45) is 0 Å². The zero-order valence-corrected chi connectivity index (χ0v) is 26.4. The van der Waals surface area contributed by atoms with Gasteiger partial charge in [-0.05, 0) is 139 Å². The topological polar surface area (TPSA) is 25.8 Å². The normalized spacial score (nSPS) is 10.9. The van der Waals surface area contributed by atoms with Crippen molar-refractivity contribution in [3.63, 3.8) is 0 Å². The zero-order valence-electron chi connectivity index (χ0n) is 26.4. The van der Waals surface area contributed by atoms with Crippen LogP contribution >= 0.6 is 0 Å². The van der Waals surface area contributed by atoms with Crippen LogP contribution in [0.2, 0.25) is 0 Å². The van der Waals surface area contributed by atoms with Crippen molar-refractivity contribution in [2.75, 3.05) is 0 Å². The van der Waals surface area contributed by atoms with Crippen molar-refractivity contribution in [2.45, 2.75) is 0 Å². The molecule has 6 aromatic carbocycles. The monoisotopic (exact) mass is 612 g/mol. The fourth-order valence-electron chi connectivity index (χ4n) is 6.32. The van der Waals surface area contributed by atoms with Gasteiger partial charge in [-0.25, -0.2) is 0 Å². The van der Waals surface area contributed by atoms with E-state index in [1.54, 1.807) is 0 Å². The highest BCUT2D eigenvalue weighted by molar-refractivity contribution is 5.84. The lowest BCUT2D eigenvalue weighted by atomic mass is 9.91. The molecule has 226 valence electrons. The second kappa shape index (κ2) is 13.2. The average molecular weight is 613 g/mol. The fraction of sp³-hybridized carbons (Fsp3) is 0. The molecule has 2 heterocycles. The van der Waals surface area contributed by atoms with Crippen LogP contribution in [0.1, 0.15) is 0 Å². The van der Waals surface area contributed by atoms with Crippen molar-refractivity contribution in [3.8, 4) is 77.9 Å². The predicted molar refractivity (Wildman–Crippen MR) is 200 cm³/mol. The maximum atomic E-state index is 4.23. The Hall–Kier alpha value is -6.38. The van der Waals surface area contributed by atoms with Gasteiger partial charge in [0.25, 0.3) is 0 Å². The second-order valence-electron chi connectivity index (χ2n) is 12.0. The van der Waals surface area contributed by atoms with Crippen LogP contribution in [0.15, 0.2) is 195 Å². The molecule has 0 spiro atoms. The molecule has 8 rings (SSSR count). The van der Waals surface area contributed by atoms with Crippen molar-refractivity contribution in [3.05, 3.63) is 195 Å². The Kier molecular flexibility index (Phi) is 7.96. The summed E-state index contributed by atoms with van der Waals surface area (Å²) in [6, 6.07) is 61.0. The van der Waals surface area contributed by atoms with Crippen LogP contribution in [0, 0.1) is 0 Å². The van der Waals surface area contributed by atoms with Crippen molar-refractivity contribution in [1.29, 1.82) is 0 Å². The van der Waals surface area contributed by atoms with Gasteiger partial charge in [-0.1, -0.05) is 109 Å². The molecule has 0 atom stereocenters. The highest BCUT2D eigenvalue weighted by Gasteiger charge is 2.11. The zero-order chi connectivity index (χ0) is 32.1. The molecule has 0 amide bonds. The molecule has 0 fully saturated rings. The summed E-state index contributed by atoms with van der Waals surface area (Å²) in [7, 11) is 0. The highest BCUT2D eigenvalue weighted by atomic mass is 14.6. The Bertz CT molecular complexity index is 2220. The first-order valence-electron chi connectivity index (χ1n) is 16.2. The van der Waals surface area contributed by atoms with Gasteiger partial charge < -0.3 is 0 Å². The third kappa shape index (κ3) is 6.20. The van der Waals surface area contributed by atoms with E-state index in [0.717, 1.165) is 22.3 Å². The molecular weight excluding hydrogens is 581 g/mol. The molecule has 0 saturated carbocycles. The molecule has 0 bridgehead atoms. The van der Waals surface area contributed by atoms with Gasteiger partial charge >= 0.3 is 0 Å². The third-order valence-electron chi connectivity index (χ3n) is 8.88. The quantitative estimate of drug-likeness (QED) is 0.179. The molecule has 2 heteroatoms. The number of pyridine rings is 2. The van der Waals surface area contributed by atoms with Crippen LogP contribution in [0.4, 0.5) is 0 Å². The number of hydrogen-bond donors (Lipinski definition) is 0. The van der Waals surface area contributed by atoms with E-state index in [2.05, 4.69) is 180 Å². The standard InChI is InChI=1S/C46H32N2/c1-3-7-33(8-4-1)35-11-13-36(14-12-35)42-27-41(34-9-5-2-6-10-34)28-43(29-42)37-15-17-38(18-16-37)44-30-45(39-19-23-47-24-20-39)32-46(31-44)40-21-25-48-26-22-40/h1-32H. The highest BCUT2D eigenvalue weighted by Crippen LogP contribution is 2.36. The van der Waals surface area contributed by atoms with E-state index in [1.165, 1.54) is 55.6 Å². The molecule has 8 aromatic rings. The third-order valence-corrected chi connectivity index (χ3v) is 8.88. The van der Waals surface area contributed by atoms with Crippen LogP contribution in [0.5, 0.6) is 0 Å². The maximum absolute atomic E-state index is 4.23. The Balaban J connectivity index is 1.18. The van der Waals surface area contributed by atoms with Gasteiger partial charge in [-0.3, -0.25) is 9.97 Å². The molecule has 2 nitrogen and oxygen atoms in total. The summed E-state index contributed by atoms with van der Waals surface area (Å²) in [4.78, 5) is 8.46. The first kappa shape index (κ1) is 29.1. The Morgan fingerprint density at radius 1 is 0.188 bits per heavy atom. The summed E-state index contributed by atoms with van der Waals surface area (Å²) in [5, 5.41) is 0. The first-order chi connectivity index (χ1) is 23.8. The lowest BCUT2D eigenvalue weighted by molar-refractivity contribution is 1.33. The molecule has 0 aliphatic rings. The van der Waals surface area contributed by atoms with Gasteiger partial charge in [0, 0.05) is 24.8 Å². The maximum Gasteiger partial charge on any atom is 0.0273 e. The van der Waals surface area contributed by atoms with Crippen molar-refractivity contribution < 1.29 is 0 Å². The first-order valence-corrected chi connectivity index (χ1v) is 16.2. The lowest BCUT2D eigenvalue weighted by Crippen LogP contribution is -1.88. The largest absolute Gasteiger partial charge is 0.265 e. The molecular formula is C46H32N2. The Morgan fingerprint density at radius 3 is 0.688 bits per heavy atom. The summed E-state index contributed by atoms with van der Waals surface area (Å²) in [5.41, 5.74) is 16.5. The van der Waals surface area contributed by atoms with Gasteiger partial charge in [-0.2, -0.15) is 0 Å². The van der Waals surface area contributed by atoms with Crippen LogP contribution in [-0.4, -0.2) is 9.97 Å². The Labute approximate surface area is 281 Å². The SMILES string of the molecule is c1ccc(-c2ccc(-c3cc(-c4ccccc4)cc(-c4ccc(-c5cc(-c6ccncc6)cc(-c6ccncc6)c5)cc4)c3)cc2)cc1. The predicted octanol–water partition coefficient (Wildman–Crippen LogP) is 12.1. The molecule has 0 aliphatic carbocycles. The number of nitrogens with zero attached hydrogens (tertiary/aromatic N) is 2. The summed E-state index contributed by atoms with van der Waals surface area (Å²) in [6.45, 7) is 0. The summed E-state index contributed by atoms with van der Waals surface area (Å²) >= 11 is 0. The molecule has 0 aliphatic heterocycles. The van der Waals surface area contributed by atoms with E-state index >= 15 is 0 Å². The van der Waals surface area contributed by atoms with E-state index in [4.69, 9.17) is 0 Å². The van der Waals surface area contributed by atoms with E-state index in [-0.39, 0.29) is 0 Å². The Morgan fingerprint density at radius 2 is 0.396 bits per heavy atom. The minimum absolute atomic E-state index is 1.14. The summed E-state index contributed by atoms with van der Waals surface area (Å²) in [5.74, 6) is 0. The number of hydrogen-bond acceptors (Lipinski definition) is 2. The van der Waals surface area contributed by atoms with Gasteiger partial charge in [0.15, 0.2) is 0 Å². The number of rotatable bonds is 7. The van der Waals surface area contributed by atoms with E-state index in [9.17, 15) is 0 Å². The summed E-state index contributed by atoms with van der Waals surface area (Å²) in [6.07, 6.45) is 7.38. The van der Waals surface area contributed by atoms with Crippen molar-refractivity contribution >= 4 is 0 Å². The minimum Gasteiger partial charge on any atom is -0.265 e. The molecule has 0 N–H and O–H groups in total. The van der Waals surface area contributed by atoms with E-state index < -0.39 is 0 Å². The molecule has 0 radical (unpaired) electrons. The molecule has 2 aromatic heterocycles. The van der Waals surface area contributed by atoms with Crippen molar-refractivity contribution in [1.82, 2.24) is 9.97 Å². The van der Waals surface area contributed by atoms with Gasteiger partial charge in [0.2, 0.25) is 0 Å². The second-order valence-corrected chi connectivity index (χ2v) is 12.0. The van der Waals surface area contributed by atoms with Crippen LogP contribution in [0.25, 0.3) is 77.9 Å². The molecule has 0 saturated heterocycles. The van der Waals surface area contributed by atoms with E-state index in [0.29, 0.717) is 0 Å². The minimum atomic E-state index is 1.14. The molecule has 0 unspecified atom stereocenters. The van der Waals surface area contributed by atoms with Crippen LogP contribution < -0.4 is 0 Å². The van der Waals surface area contributed by atoms with Crippen LogP contribution in [-0.2, 0) is 0 Å². The van der Waals surface area contributed by atoms with Gasteiger partial charge in [-0.15, -0.1) is 0 Å². The fourth-order valence-corrected chi connectivity index (χ4v) is 6.32.